The molecule has 0 saturated heterocycles. The van der Waals surface area contributed by atoms with Crippen molar-refractivity contribution in [1.29, 1.82) is 0 Å². The second-order valence-electron chi connectivity index (χ2n) is 7.69. The number of aryl methyl sites for hydroxylation is 1. The Bertz CT molecular complexity index is 1450. The van der Waals surface area contributed by atoms with Crippen LogP contribution in [0.3, 0.4) is 0 Å². The normalized spacial score (nSPS) is 11.2. The zero-order chi connectivity index (χ0) is 23.6. The number of amides is 1. The number of hydrogen-bond acceptors (Lipinski definition) is 4. The van der Waals surface area contributed by atoms with Crippen LogP contribution >= 0.6 is 0 Å². The third-order valence-corrected chi connectivity index (χ3v) is 6.34. The maximum atomic E-state index is 14.3. The first-order chi connectivity index (χ1) is 15.7. The van der Waals surface area contributed by atoms with Gasteiger partial charge in [0.1, 0.15) is 5.82 Å². The summed E-state index contributed by atoms with van der Waals surface area (Å²) in [6, 6.07) is 21.6. The quantitative estimate of drug-likeness (QED) is 0.426. The molecule has 4 aromatic rings. The summed E-state index contributed by atoms with van der Waals surface area (Å²) >= 11 is 0. The molecule has 5 nitrogen and oxygen atoms in total. The van der Waals surface area contributed by atoms with Gasteiger partial charge in [0.25, 0.3) is 5.91 Å². The molecule has 1 N–H and O–H groups in total. The first-order valence-corrected chi connectivity index (χ1v) is 12.0. The smallest absolute Gasteiger partial charge is 0.256 e. The number of aromatic nitrogens is 1. The molecule has 166 valence electrons. The van der Waals surface area contributed by atoms with Gasteiger partial charge in [-0.3, -0.25) is 9.78 Å². The Morgan fingerprint density at radius 3 is 2.42 bits per heavy atom. The minimum Gasteiger partial charge on any atom is -0.322 e. The SMILES string of the molecule is Cc1ccc(-c2cc(S(C)(=O)=O)ccc2C(=O)Nc2cccc(-c3ccccn3)c2)cc1F. The van der Waals surface area contributed by atoms with Crippen molar-refractivity contribution in [3.05, 3.63) is 102 Å². The Morgan fingerprint density at radius 2 is 1.73 bits per heavy atom. The number of carbonyl (C=O) groups is 1. The number of carbonyl (C=O) groups excluding carboxylic acids is 1. The van der Waals surface area contributed by atoms with Crippen LogP contribution in [-0.4, -0.2) is 25.6 Å². The van der Waals surface area contributed by atoms with E-state index < -0.39 is 21.6 Å². The monoisotopic (exact) mass is 460 g/mol. The highest BCUT2D eigenvalue weighted by atomic mass is 32.2. The van der Waals surface area contributed by atoms with Crippen LogP contribution in [0.5, 0.6) is 0 Å². The van der Waals surface area contributed by atoms with E-state index in [4.69, 9.17) is 0 Å². The molecule has 1 heterocycles. The van der Waals surface area contributed by atoms with Crippen LogP contribution in [0.2, 0.25) is 0 Å². The zero-order valence-electron chi connectivity index (χ0n) is 18.0. The fourth-order valence-electron chi connectivity index (χ4n) is 3.44. The number of sulfone groups is 1. The lowest BCUT2D eigenvalue weighted by Crippen LogP contribution is -2.14. The molecule has 4 rings (SSSR count). The molecule has 0 aliphatic heterocycles. The molecule has 0 aliphatic rings. The lowest BCUT2D eigenvalue weighted by atomic mass is 9.98. The predicted molar refractivity (Wildman–Crippen MR) is 127 cm³/mol. The highest BCUT2D eigenvalue weighted by Crippen LogP contribution is 2.29. The second-order valence-corrected chi connectivity index (χ2v) is 9.71. The second kappa shape index (κ2) is 8.96. The average Bonchev–Trinajstić information content (AvgIpc) is 2.80. The largest absolute Gasteiger partial charge is 0.322 e. The molecule has 1 amide bonds. The number of hydrogen-bond donors (Lipinski definition) is 1. The van der Waals surface area contributed by atoms with Gasteiger partial charge in [0.15, 0.2) is 9.84 Å². The van der Waals surface area contributed by atoms with Crippen molar-refractivity contribution >= 4 is 21.4 Å². The summed E-state index contributed by atoms with van der Waals surface area (Å²) in [5, 5.41) is 2.85. The Labute approximate surface area is 191 Å². The molecule has 0 aliphatic carbocycles. The van der Waals surface area contributed by atoms with Crippen molar-refractivity contribution in [2.24, 2.45) is 0 Å². The Balaban J connectivity index is 1.74. The third kappa shape index (κ3) is 4.99. The molecule has 1 aromatic heterocycles. The van der Waals surface area contributed by atoms with Gasteiger partial charge in [0, 0.05) is 29.3 Å². The van der Waals surface area contributed by atoms with E-state index in [0.29, 0.717) is 22.4 Å². The molecule has 0 saturated carbocycles. The molecule has 0 radical (unpaired) electrons. The van der Waals surface area contributed by atoms with E-state index in [1.807, 2.05) is 30.3 Å². The lowest BCUT2D eigenvalue weighted by Gasteiger charge is -2.13. The number of anilines is 1. The fourth-order valence-corrected chi connectivity index (χ4v) is 4.09. The number of pyridine rings is 1. The molecule has 3 aromatic carbocycles. The zero-order valence-corrected chi connectivity index (χ0v) is 18.9. The van der Waals surface area contributed by atoms with Crippen LogP contribution in [0.15, 0.2) is 90.0 Å². The van der Waals surface area contributed by atoms with E-state index >= 15 is 0 Å². The number of halogens is 1. The Kier molecular flexibility index (Phi) is 6.07. The summed E-state index contributed by atoms with van der Waals surface area (Å²) in [6.45, 7) is 1.63. The van der Waals surface area contributed by atoms with Crippen molar-refractivity contribution in [3.63, 3.8) is 0 Å². The molecule has 0 fully saturated rings. The lowest BCUT2D eigenvalue weighted by molar-refractivity contribution is 0.102. The van der Waals surface area contributed by atoms with Gasteiger partial charge in [-0.2, -0.15) is 0 Å². The average molecular weight is 461 g/mol. The highest BCUT2D eigenvalue weighted by molar-refractivity contribution is 7.90. The fraction of sp³-hybridized carbons (Fsp3) is 0.0769. The first kappa shape index (κ1) is 22.4. The molecular weight excluding hydrogens is 439 g/mol. The molecular formula is C26H21FN2O3S. The van der Waals surface area contributed by atoms with E-state index in [-0.39, 0.29) is 10.5 Å². The molecule has 7 heteroatoms. The van der Waals surface area contributed by atoms with E-state index in [1.54, 1.807) is 37.4 Å². The predicted octanol–water partition coefficient (Wildman–Crippen LogP) is 5.52. The van der Waals surface area contributed by atoms with Crippen molar-refractivity contribution in [2.75, 3.05) is 11.6 Å². The van der Waals surface area contributed by atoms with Gasteiger partial charge < -0.3 is 5.32 Å². The Morgan fingerprint density at radius 1 is 0.909 bits per heavy atom. The van der Waals surface area contributed by atoms with Crippen molar-refractivity contribution in [1.82, 2.24) is 4.98 Å². The number of rotatable bonds is 5. The van der Waals surface area contributed by atoms with Crippen molar-refractivity contribution < 1.29 is 17.6 Å². The summed E-state index contributed by atoms with van der Waals surface area (Å²) in [5.41, 5.74) is 3.58. The van der Waals surface area contributed by atoms with Gasteiger partial charge in [-0.25, -0.2) is 12.8 Å². The van der Waals surface area contributed by atoms with Crippen LogP contribution in [0.25, 0.3) is 22.4 Å². The van der Waals surface area contributed by atoms with Crippen LogP contribution in [0.1, 0.15) is 15.9 Å². The van der Waals surface area contributed by atoms with Gasteiger partial charge >= 0.3 is 0 Å². The topological polar surface area (TPSA) is 76.1 Å². The van der Waals surface area contributed by atoms with Gasteiger partial charge in [0.2, 0.25) is 0 Å². The van der Waals surface area contributed by atoms with E-state index in [2.05, 4.69) is 10.3 Å². The highest BCUT2D eigenvalue weighted by Gasteiger charge is 2.18. The minimum atomic E-state index is -3.52. The molecule has 33 heavy (non-hydrogen) atoms. The van der Waals surface area contributed by atoms with E-state index in [1.165, 1.54) is 24.3 Å². The maximum absolute atomic E-state index is 14.3. The summed E-state index contributed by atoms with van der Waals surface area (Å²) < 4.78 is 38.5. The van der Waals surface area contributed by atoms with Crippen LogP contribution in [0, 0.1) is 12.7 Å². The van der Waals surface area contributed by atoms with Crippen LogP contribution in [0.4, 0.5) is 10.1 Å². The van der Waals surface area contributed by atoms with Gasteiger partial charge in [-0.05, 0) is 72.1 Å². The summed E-state index contributed by atoms with van der Waals surface area (Å²) in [4.78, 5) is 17.6. The van der Waals surface area contributed by atoms with Gasteiger partial charge in [-0.1, -0.05) is 30.3 Å². The number of nitrogens with one attached hydrogen (secondary N) is 1. The van der Waals surface area contributed by atoms with Crippen LogP contribution in [-0.2, 0) is 9.84 Å². The van der Waals surface area contributed by atoms with E-state index in [9.17, 15) is 17.6 Å². The summed E-state index contributed by atoms with van der Waals surface area (Å²) in [6.07, 6.45) is 2.78. The number of nitrogens with zero attached hydrogens (tertiary/aromatic N) is 1. The molecule has 0 bridgehead atoms. The summed E-state index contributed by atoms with van der Waals surface area (Å²) in [7, 11) is -3.52. The van der Waals surface area contributed by atoms with Gasteiger partial charge in [-0.15, -0.1) is 0 Å². The standard InChI is InChI=1S/C26H21FN2O3S/c1-17-9-10-18(15-24(17)27)23-16-21(33(2,31)32)11-12-22(23)26(30)29-20-7-5-6-19(14-20)25-8-3-4-13-28-25/h3-16H,1-2H3,(H,29,30). The van der Waals surface area contributed by atoms with E-state index in [0.717, 1.165) is 17.5 Å². The van der Waals surface area contributed by atoms with Gasteiger partial charge in [0.05, 0.1) is 10.6 Å². The van der Waals surface area contributed by atoms with Crippen LogP contribution < -0.4 is 5.32 Å². The molecule has 0 unspecified atom stereocenters. The third-order valence-electron chi connectivity index (χ3n) is 5.23. The van der Waals surface area contributed by atoms with Crippen molar-refractivity contribution in [2.45, 2.75) is 11.8 Å². The summed E-state index contributed by atoms with van der Waals surface area (Å²) in [5.74, 6) is -0.879. The van der Waals surface area contributed by atoms with Crippen molar-refractivity contribution in [3.8, 4) is 22.4 Å². The first-order valence-electron chi connectivity index (χ1n) is 10.2. The Hall–Kier alpha value is -3.84. The minimum absolute atomic E-state index is 0.0483. The maximum Gasteiger partial charge on any atom is 0.256 e. The molecule has 0 spiro atoms. The number of benzene rings is 3. The molecule has 0 atom stereocenters.